The van der Waals surface area contributed by atoms with Crippen LogP contribution in [0, 0.1) is 34.0 Å². The molecule has 0 aromatic carbocycles. The summed E-state index contributed by atoms with van der Waals surface area (Å²) in [5.74, 6) is -3.68. The monoisotopic (exact) mass is 500 g/mol. The van der Waals surface area contributed by atoms with Gasteiger partial charge in [-0.3, -0.25) is 14.4 Å². The summed E-state index contributed by atoms with van der Waals surface area (Å²) in [6, 6.07) is 0. The van der Waals surface area contributed by atoms with E-state index in [4.69, 9.17) is 13.6 Å². The third kappa shape index (κ3) is 5.06. The molecule has 3 aliphatic carbocycles. The van der Waals surface area contributed by atoms with Crippen molar-refractivity contribution in [1.82, 2.24) is 0 Å². The van der Waals surface area contributed by atoms with Gasteiger partial charge in [0, 0.05) is 0 Å². The van der Waals surface area contributed by atoms with E-state index in [-0.39, 0.29) is 17.8 Å². The highest BCUT2D eigenvalue weighted by Crippen LogP contribution is 2.56. The van der Waals surface area contributed by atoms with Crippen molar-refractivity contribution in [3.8, 4) is 0 Å². The Morgan fingerprint density at radius 3 is 1.06 bits per heavy atom. The van der Waals surface area contributed by atoms with E-state index in [1.807, 2.05) is 0 Å². The van der Waals surface area contributed by atoms with Gasteiger partial charge in [0.2, 0.25) is 0 Å². The highest BCUT2D eigenvalue weighted by atomic mass is 31.2. The molecule has 6 unspecified atom stereocenters. The molecular formula is C27H33O7P. The molecule has 3 aliphatic rings. The first-order valence-corrected chi connectivity index (χ1v) is 13.1. The Kier molecular flexibility index (Phi) is 7.33. The average Bonchev–Trinajstić information content (AvgIpc) is 2.79. The van der Waals surface area contributed by atoms with Gasteiger partial charge in [-0.25, -0.2) is 0 Å². The second kappa shape index (κ2) is 9.62. The fourth-order valence-electron chi connectivity index (χ4n) is 3.93. The number of phosphoric acid groups is 1. The van der Waals surface area contributed by atoms with E-state index in [1.54, 1.807) is 114 Å². The molecule has 0 saturated carbocycles. The van der Waals surface area contributed by atoms with Crippen LogP contribution in [0.15, 0.2) is 72.9 Å². The Labute approximate surface area is 206 Å². The molecule has 0 N–H and O–H groups in total. The summed E-state index contributed by atoms with van der Waals surface area (Å²) < 4.78 is 29.8. The van der Waals surface area contributed by atoms with E-state index in [0.717, 1.165) is 0 Å². The van der Waals surface area contributed by atoms with Crippen LogP contribution >= 0.6 is 7.82 Å². The number of hydrogen-bond acceptors (Lipinski definition) is 7. The standard InChI is InChI=1S/C27H33O7P/c1-19-13-7-10-16-25(19,4)22(28)32-35(31,33-23(29)26(5)17-11-8-14-20(26)2)34-24(30)27(6)18-12-9-15-21(27)3/h7-21H,1-6H3. The molecule has 0 saturated heterocycles. The molecule has 35 heavy (non-hydrogen) atoms. The van der Waals surface area contributed by atoms with E-state index >= 15 is 0 Å². The molecule has 7 nitrogen and oxygen atoms in total. The third-order valence-electron chi connectivity index (χ3n) is 7.60. The van der Waals surface area contributed by atoms with Gasteiger partial charge in [0.15, 0.2) is 0 Å². The summed E-state index contributed by atoms with van der Waals surface area (Å²) in [5.41, 5.74) is -3.59. The van der Waals surface area contributed by atoms with Crippen molar-refractivity contribution < 1.29 is 32.5 Å². The van der Waals surface area contributed by atoms with E-state index in [0.29, 0.717) is 0 Å². The number of carbonyl (C=O) groups excluding carboxylic acids is 3. The van der Waals surface area contributed by atoms with Crippen LogP contribution in [-0.2, 0) is 32.5 Å². The topological polar surface area (TPSA) is 96.0 Å². The van der Waals surface area contributed by atoms with Gasteiger partial charge in [0.05, 0.1) is 16.2 Å². The first-order chi connectivity index (χ1) is 16.3. The molecule has 0 aromatic heterocycles. The maximum Gasteiger partial charge on any atom is 0.653 e. The summed E-state index contributed by atoms with van der Waals surface area (Å²) in [7, 11) is -5.02. The fraction of sp³-hybridized carbons (Fsp3) is 0.444. The SMILES string of the molecule is CC1C=CC=CC1(C)C(=O)OP(=O)(OC(=O)C1(C)C=CC=CC1C)OC(=O)C1(C)C=CC=CC1C. The van der Waals surface area contributed by atoms with E-state index in [9.17, 15) is 18.9 Å². The predicted molar refractivity (Wildman–Crippen MR) is 133 cm³/mol. The molecule has 3 rings (SSSR count). The van der Waals surface area contributed by atoms with Crippen LogP contribution in [0.25, 0.3) is 0 Å². The van der Waals surface area contributed by atoms with Crippen LogP contribution in [0.2, 0.25) is 0 Å². The molecule has 0 aromatic rings. The second-order valence-corrected chi connectivity index (χ2v) is 11.5. The van der Waals surface area contributed by atoms with Crippen molar-refractivity contribution in [2.45, 2.75) is 41.5 Å². The minimum atomic E-state index is -5.02. The quantitative estimate of drug-likeness (QED) is 0.411. The first-order valence-electron chi connectivity index (χ1n) is 11.7. The maximum atomic E-state index is 13.9. The van der Waals surface area contributed by atoms with Gasteiger partial charge in [-0.15, -0.1) is 0 Å². The highest BCUT2D eigenvalue weighted by Gasteiger charge is 2.52. The number of allylic oxidation sites excluding steroid dienone is 9. The van der Waals surface area contributed by atoms with Crippen molar-refractivity contribution in [3.05, 3.63) is 72.9 Å². The lowest BCUT2D eigenvalue weighted by molar-refractivity contribution is -0.155. The highest BCUT2D eigenvalue weighted by molar-refractivity contribution is 7.50. The Hall–Kier alpha value is -2.92. The van der Waals surface area contributed by atoms with Gasteiger partial charge in [0.25, 0.3) is 0 Å². The molecule has 6 atom stereocenters. The van der Waals surface area contributed by atoms with Crippen LogP contribution in [0.1, 0.15) is 41.5 Å². The molecule has 0 fully saturated rings. The van der Waals surface area contributed by atoms with Crippen LogP contribution in [-0.4, -0.2) is 17.9 Å². The molecule has 188 valence electrons. The fourth-order valence-corrected chi connectivity index (χ4v) is 5.24. The van der Waals surface area contributed by atoms with Gasteiger partial charge in [0.1, 0.15) is 0 Å². The van der Waals surface area contributed by atoms with Gasteiger partial charge in [-0.05, 0) is 38.5 Å². The zero-order valence-electron chi connectivity index (χ0n) is 21.0. The normalized spacial score (nSPS) is 36.9. The van der Waals surface area contributed by atoms with Crippen LogP contribution < -0.4 is 0 Å². The lowest BCUT2D eigenvalue weighted by atomic mass is 9.75. The van der Waals surface area contributed by atoms with Gasteiger partial charge in [-0.1, -0.05) is 93.7 Å². The zero-order chi connectivity index (χ0) is 26.1. The smallest absolute Gasteiger partial charge is 0.351 e. The number of carbonyl (C=O) groups is 3. The second-order valence-electron chi connectivity index (χ2n) is 10.0. The van der Waals surface area contributed by atoms with Crippen molar-refractivity contribution in [1.29, 1.82) is 0 Å². The van der Waals surface area contributed by atoms with E-state index < -0.39 is 42.0 Å². The first kappa shape index (κ1) is 26.7. The summed E-state index contributed by atoms with van der Waals surface area (Å²) in [6.07, 6.45) is 20.6. The summed E-state index contributed by atoms with van der Waals surface area (Å²) >= 11 is 0. The largest absolute Gasteiger partial charge is 0.653 e. The average molecular weight is 501 g/mol. The number of rotatable bonds is 6. The lowest BCUT2D eigenvalue weighted by Crippen LogP contribution is -2.38. The summed E-state index contributed by atoms with van der Waals surface area (Å²) in [4.78, 5) is 39.7. The third-order valence-corrected chi connectivity index (χ3v) is 8.77. The van der Waals surface area contributed by atoms with Crippen molar-refractivity contribution in [2.75, 3.05) is 0 Å². The van der Waals surface area contributed by atoms with Crippen molar-refractivity contribution in [2.24, 2.45) is 34.0 Å². The maximum absolute atomic E-state index is 13.9. The van der Waals surface area contributed by atoms with Crippen LogP contribution in [0.4, 0.5) is 0 Å². The molecule has 0 bridgehead atoms. The Morgan fingerprint density at radius 2 is 0.829 bits per heavy atom. The Morgan fingerprint density at radius 1 is 0.571 bits per heavy atom. The van der Waals surface area contributed by atoms with Crippen LogP contribution in [0.5, 0.6) is 0 Å². The predicted octanol–water partition coefficient (Wildman–Crippen LogP) is 6.03. The minimum Gasteiger partial charge on any atom is -0.351 e. The van der Waals surface area contributed by atoms with E-state index in [2.05, 4.69) is 0 Å². The van der Waals surface area contributed by atoms with Gasteiger partial charge < -0.3 is 13.6 Å². The van der Waals surface area contributed by atoms with E-state index in [1.165, 1.54) is 0 Å². The Balaban J connectivity index is 1.93. The van der Waals surface area contributed by atoms with Crippen molar-refractivity contribution >= 4 is 25.7 Å². The lowest BCUT2D eigenvalue weighted by Gasteiger charge is -2.35. The molecule has 8 heteroatoms. The molecular weight excluding hydrogens is 467 g/mol. The summed E-state index contributed by atoms with van der Waals surface area (Å²) in [6.45, 7) is 10.2. The van der Waals surface area contributed by atoms with Crippen LogP contribution in [0.3, 0.4) is 0 Å². The summed E-state index contributed by atoms with van der Waals surface area (Å²) in [5, 5.41) is 0. The number of phosphoric ester groups is 1. The molecule has 0 amide bonds. The van der Waals surface area contributed by atoms with Crippen molar-refractivity contribution in [3.63, 3.8) is 0 Å². The molecule has 0 heterocycles. The molecule has 0 aliphatic heterocycles. The molecule has 0 radical (unpaired) electrons. The van der Waals surface area contributed by atoms with Gasteiger partial charge in [-0.2, -0.15) is 4.57 Å². The Bertz CT molecular complexity index is 988. The minimum absolute atomic E-state index is 0.298. The zero-order valence-corrected chi connectivity index (χ0v) is 21.9. The molecule has 0 spiro atoms. The number of hydrogen-bond donors (Lipinski definition) is 0. The van der Waals surface area contributed by atoms with Gasteiger partial charge >= 0.3 is 25.7 Å².